The summed E-state index contributed by atoms with van der Waals surface area (Å²) in [5.41, 5.74) is 5.18. The summed E-state index contributed by atoms with van der Waals surface area (Å²) < 4.78 is 25.0. The molecule has 9 rings (SSSR count). The van der Waals surface area contributed by atoms with Gasteiger partial charge in [-0.1, -0.05) is 78.3 Å². The number of unbranched alkanes of at least 4 members (excludes halogenated alkanes) is 2. The number of rotatable bonds is 19. The number of phenolic OH excluding ortho intramolecular Hbond substituents is 1. The van der Waals surface area contributed by atoms with E-state index in [-0.39, 0.29) is 146 Å². The lowest BCUT2D eigenvalue weighted by Crippen LogP contribution is -2.54. The molecule has 10 N–H and O–H groups in total. The number of imide groups is 1. The van der Waals surface area contributed by atoms with Gasteiger partial charge < -0.3 is 71.2 Å². The maximum absolute atomic E-state index is 15.1. The number of ether oxygens (including phenoxy) is 3. The minimum Gasteiger partial charge on any atom is -0.507 e. The number of amides is 8. The Morgan fingerprint density at radius 3 is 2.26 bits per heavy atom. The molecule has 1 fully saturated rings. The van der Waals surface area contributed by atoms with Crippen molar-refractivity contribution in [2.45, 2.75) is 163 Å². The molecule has 8 amide bonds. The number of carbonyl (C=O) groups is 7. The van der Waals surface area contributed by atoms with Crippen molar-refractivity contribution in [3.8, 4) is 11.5 Å². The molecule has 0 unspecified atom stereocenters. The Morgan fingerprint density at radius 1 is 0.878 bits per heavy atom. The first-order chi connectivity index (χ1) is 46.6. The quantitative estimate of drug-likeness (QED) is 0.0164. The van der Waals surface area contributed by atoms with Crippen molar-refractivity contribution in [2.24, 2.45) is 35.3 Å². The number of benzene rings is 4. The monoisotopic (exact) mass is 1350 g/mol. The van der Waals surface area contributed by atoms with Crippen LogP contribution in [0, 0.1) is 36.5 Å². The lowest BCUT2D eigenvalue weighted by Gasteiger charge is -2.33. The van der Waals surface area contributed by atoms with Gasteiger partial charge in [-0.2, -0.15) is 0 Å². The largest absolute Gasteiger partial charge is 0.507 e. The van der Waals surface area contributed by atoms with Crippen molar-refractivity contribution in [2.75, 3.05) is 48.8 Å². The number of nitrogens with one attached hydrogen (secondary N) is 5. The van der Waals surface area contributed by atoms with Crippen molar-refractivity contribution in [1.82, 2.24) is 25.8 Å². The highest BCUT2D eigenvalue weighted by Gasteiger charge is 2.44. The first-order valence-corrected chi connectivity index (χ1v) is 33.7. The Hall–Kier alpha value is -9.62. The van der Waals surface area contributed by atoms with E-state index >= 15 is 4.79 Å². The van der Waals surface area contributed by atoms with Crippen LogP contribution in [0.2, 0.25) is 0 Å². The number of aliphatic hydroxyl groups is 2. The number of aromatic hydroxyl groups is 1. The molecule has 1 aromatic heterocycles. The molecule has 9 atom stereocenters. The van der Waals surface area contributed by atoms with Crippen LogP contribution in [0.25, 0.3) is 38.7 Å². The van der Waals surface area contributed by atoms with Crippen LogP contribution in [-0.4, -0.2) is 130 Å². The van der Waals surface area contributed by atoms with Gasteiger partial charge in [-0.25, -0.2) is 9.78 Å². The molecule has 524 valence electrons. The average molecular weight is 1350 g/mol. The minimum atomic E-state index is -1.95. The molecule has 0 aliphatic carbocycles. The number of anilines is 3. The molecule has 98 heavy (non-hydrogen) atoms. The number of aliphatic hydroxyl groups excluding tert-OH is 2. The van der Waals surface area contributed by atoms with Gasteiger partial charge in [0.05, 0.1) is 29.1 Å². The fourth-order valence-corrected chi connectivity index (χ4v) is 13.6. The molecule has 0 radical (unpaired) electrons. The number of hydrogen-bond acceptors (Lipinski definition) is 18. The summed E-state index contributed by atoms with van der Waals surface area (Å²) in [7, 11) is 1.52. The summed E-state index contributed by atoms with van der Waals surface area (Å²) in [6.07, 6.45) is 14.2. The molecule has 0 saturated carbocycles. The van der Waals surface area contributed by atoms with E-state index in [0.29, 0.717) is 56.6 Å². The Balaban J connectivity index is 0.945. The van der Waals surface area contributed by atoms with Gasteiger partial charge in [0.25, 0.3) is 17.7 Å². The number of fused-ring (bicyclic) bond motifs is 2. The molecule has 4 aliphatic rings. The highest BCUT2D eigenvalue weighted by atomic mass is 16.7. The number of nitrogens with zero attached hydrogens (tertiary/aromatic N) is 3. The topological polar surface area (TPSA) is 361 Å². The van der Waals surface area contributed by atoms with E-state index in [1.807, 2.05) is 37.0 Å². The predicted molar refractivity (Wildman–Crippen MR) is 372 cm³/mol. The second-order valence-electron chi connectivity index (χ2n) is 27.1. The molecular weight excluding hydrogens is 1260 g/mol. The summed E-state index contributed by atoms with van der Waals surface area (Å²) in [4.78, 5) is 128. The maximum atomic E-state index is 15.1. The van der Waals surface area contributed by atoms with Crippen molar-refractivity contribution in [3.63, 3.8) is 0 Å². The van der Waals surface area contributed by atoms with Gasteiger partial charge in [0.2, 0.25) is 28.6 Å². The second-order valence-corrected chi connectivity index (χ2v) is 27.1. The van der Waals surface area contributed by atoms with Gasteiger partial charge in [-0.15, -0.1) is 0 Å². The molecule has 4 aliphatic heterocycles. The molecule has 4 aromatic carbocycles. The van der Waals surface area contributed by atoms with Gasteiger partial charge in [0.1, 0.15) is 34.8 Å². The first kappa shape index (κ1) is 72.6. The first-order valence-electron chi connectivity index (χ1n) is 33.7. The standard InChI is InChI=1S/C73H91N9O16/c1-38(2)59(78-53(84)19-12-11-13-30-82-54(85)24-25-55(82)86)71(93)77-49(18-15-29-75-72(74)94)70(92)76-47-22-20-45(21-23-47)46-26-31-81(32-27-46)48-36-50(83)60-52(37-48)97-67-61(79-60)56-57-64(88)44(8)66-58(56)68(90)73(9,98-66)96-33-28-51(95-10)43(7)63(87)42(6)35-40(4)34-39(3)16-14-17-41(5)69(91)80-62(67)65(57)89/h14,16-17,20-25,28,33,36-40,42-43,46,49,51,59,63,87-88,90H,11-13,15,18-19,26-27,29-32,34-35H2,1-10H3,(H,76,92)(H,77,93)(H,78,84)(H,80,91)(H3,74,75,94)/b16-14+,33-28+,41-17-/t39-,40+,42+,43+,49-,51-,59-,63-,73-/m0/s1. The minimum absolute atomic E-state index is 0.0141. The molecule has 5 aromatic rings. The highest BCUT2D eigenvalue weighted by Crippen LogP contribution is 2.43. The van der Waals surface area contributed by atoms with Crippen molar-refractivity contribution in [3.05, 3.63) is 121 Å². The van der Waals surface area contributed by atoms with Crippen molar-refractivity contribution in [1.29, 1.82) is 0 Å². The number of nitrogens with two attached hydrogens (primary N) is 1. The maximum Gasteiger partial charge on any atom is 0.312 e. The number of carbonyl (C=O) groups excluding carboxylic acids is 7. The Kier molecular flexibility index (Phi) is 23.2. The van der Waals surface area contributed by atoms with Crippen LogP contribution >= 0.6 is 0 Å². The normalized spacial score (nSPS) is 23.7. The van der Waals surface area contributed by atoms with Crippen LogP contribution in [0.5, 0.6) is 11.5 Å². The number of hydrogen-bond donors (Lipinski definition) is 9. The number of phenols is 1. The van der Waals surface area contributed by atoms with Crippen LogP contribution in [0.4, 0.5) is 21.9 Å². The van der Waals surface area contributed by atoms with Crippen LogP contribution in [-0.2, 0) is 38.2 Å². The zero-order valence-electron chi connectivity index (χ0n) is 57.2. The average Bonchev–Trinajstić information content (AvgIpc) is 1.39. The van der Waals surface area contributed by atoms with E-state index < -0.39 is 76.2 Å². The Labute approximate surface area is 567 Å². The summed E-state index contributed by atoms with van der Waals surface area (Å²) >= 11 is 0. The molecule has 0 spiro atoms. The van der Waals surface area contributed by atoms with Gasteiger partial charge in [0.15, 0.2) is 22.4 Å². The second kappa shape index (κ2) is 31.3. The van der Waals surface area contributed by atoms with E-state index in [2.05, 4.69) is 40.4 Å². The zero-order valence-corrected chi connectivity index (χ0v) is 57.2. The number of primary amides is 1. The van der Waals surface area contributed by atoms with Crippen LogP contribution < -0.4 is 58.0 Å². The number of urea groups is 1. The molecule has 25 nitrogen and oxygen atoms in total. The van der Waals surface area contributed by atoms with Gasteiger partial charge in [-0.05, 0) is 119 Å². The molecule has 5 heterocycles. The molecular formula is C73H91N9O16. The van der Waals surface area contributed by atoms with Crippen LogP contribution in [0.15, 0.2) is 98.7 Å². The molecule has 4 bridgehead atoms. The highest BCUT2D eigenvalue weighted by molar-refractivity contribution is 6.17. The third kappa shape index (κ3) is 16.3. The van der Waals surface area contributed by atoms with Crippen LogP contribution in [0.1, 0.15) is 137 Å². The molecule has 25 heteroatoms. The summed E-state index contributed by atoms with van der Waals surface area (Å²) in [6.45, 7) is 17.5. The summed E-state index contributed by atoms with van der Waals surface area (Å²) in [5.74, 6) is -6.35. The van der Waals surface area contributed by atoms with Crippen LogP contribution in [0.3, 0.4) is 0 Å². The lowest BCUT2D eigenvalue weighted by molar-refractivity contribution is -0.137. The van der Waals surface area contributed by atoms with E-state index in [0.717, 1.165) is 23.3 Å². The van der Waals surface area contributed by atoms with Crippen molar-refractivity contribution >= 4 is 97.3 Å². The van der Waals surface area contributed by atoms with Crippen molar-refractivity contribution < 1.29 is 67.5 Å². The predicted octanol–water partition coefficient (Wildman–Crippen LogP) is 7.93. The van der Waals surface area contributed by atoms with E-state index in [1.54, 1.807) is 57.2 Å². The van der Waals surface area contributed by atoms with Gasteiger partial charge in [0, 0.05) is 105 Å². The van der Waals surface area contributed by atoms with Gasteiger partial charge >= 0.3 is 11.8 Å². The van der Waals surface area contributed by atoms with Gasteiger partial charge in [-0.3, -0.25) is 43.3 Å². The number of piperidine rings is 1. The third-order valence-electron chi connectivity index (χ3n) is 19.2. The fourth-order valence-electron chi connectivity index (χ4n) is 13.6. The summed E-state index contributed by atoms with van der Waals surface area (Å²) in [6, 6.07) is 7.64. The molecule has 1 saturated heterocycles. The fraction of sp³-hybridized carbons (Fsp3) is 0.479. The number of methoxy groups -OCH3 is 1. The smallest absolute Gasteiger partial charge is 0.312 e. The Bertz CT molecular complexity index is 4190. The SMILES string of the molecule is CO[C@H]1/C=C/O[C@@]2(C)Oc3c(C)c(O)c4c(=O)c(c5oc6cc(N7CCC(c8ccc(NC(=O)[C@H](CCCNC(N)=O)NC(=O)[C@@H](NC(=O)CCCCCN9C(=O)C=CC9=O)C(C)C)cc8)CC7)cc(=O)c6nc5c4c3=C2O)NC(=O)/C(C)=C\C=C\[C@H](C)C[C@@H](C)C[C@@H](C)[C@H](O)[C@@H]1C. The zero-order chi connectivity index (χ0) is 71.0. The van der Waals surface area contributed by atoms with E-state index in [1.165, 1.54) is 45.4 Å². The third-order valence-corrected chi connectivity index (χ3v) is 19.2. The number of allylic oxidation sites excluding steroid dienone is 3. The van der Waals surface area contributed by atoms with E-state index in [9.17, 15) is 53.7 Å². The van der Waals surface area contributed by atoms with E-state index in [4.69, 9.17) is 29.3 Å². The summed E-state index contributed by atoms with van der Waals surface area (Å²) in [5, 5.41) is 49.1. The lowest BCUT2D eigenvalue weighted by atomic mass is 9.82. The number of aromatic nitrogens is 1. The Morgan fingerprint density at radius 2 is 1.58 bits per heavy atom.